The van der Waals surface area contributed by atoms with Crippen LogP contribution < -0.4 is 0 Å². The lowest BCUT2D eigenvalue weighted by Crippen LogP contribution is -2.27. The van der Waals surface area contributed by atoms with Crippen LogP contribution in [-0.4, -0.2) is 61.2 Å². The number of carboxylic acid groups (broad SMARTS) is 5. The van der Waals surface area contributed by atoms with Crippen LogP contribution in [0.5, 0.6) is 0 Å². The molecule has 0 atom stereocenters. The molecule has 5 N–H and O–H groups in total. The van der Waals surface area contributed by atoms with Gasteiger partial charge in [-0.2, -0.15) is 0 Å². The lowest BCUT2D eigenvalue weighted by Gasteiger charge is -2.16. The van der Waals surface area contributed by atoms with Crippen LogP contribution in [0, 0.1) is 0 Å². The number of hydrogen-bond donors (Lipinski definition) is 5. The first kappa shape index (κ1) is 18.3. The number of aromatic carboxylic acids is 5. The summed E-state index contributed by atoms with van der Waals surface area (Å²) in [6, 6.07) is 0. The van der Waals surface area contributed by atoms with Crippen LogP contribution >= 0.6 is 0 Å². The number of carboxylic acids is 5. The van der Waals surface area contributed by atoms with E-state index in [1.165, 1.54) is 0 Å². The van der Waals surface area contributed by atoms with Crippen LogP contribution in [0.2, 0.25) is 0 Å². The third-order valence-electron chi connectivity index (χ3n) is 2.92. The van der Waals surface area contributed by atoms with Crippen molar-refractivity contribution in [2.24, 2.45) is 0 Å². The van der Waals surface area contributed by atoms with E-state index < -0.39 is 69.0 Å². The third kappa shape index (κ3) is 2.77. The molecular weight excluding hydrogens is 332 g/mol. The minimum absolute atomic E-state index is 0.686. The van der Waals surface area contributed by atoms with Crippen molar-refractivity contribution < 1.29 is 54.3 Å². The van der Waals surface area contributed by atoms with Crippen molar-refractivity contribution in [3.8, 4) is 0 Å². The van der Waals surface area contributed by atoms with E-state index in [1.807, 2.05) is 0 Å². The Kier molecular flexibility index (Phi) is 4.69. The quantitative estimate of drug-likeness (QED) is 0.447. The summed E-state index contributed by atoms with van der Waals surface area (Å²) >= 11 is 0. The first-order chi connectivity index (χ1) is 10.9. The van der Waals surface area contributed by atoms with Gasteiger partial charge in [-0.1, -0.05) is 0 Å². The summed E-state index contributed by atoms with van der Waals surface area (Å²) in [5, 5.41) is 45.6. The normalized spacial score (nSPS) is 10.0. The Morgan fingerprint density at radius 1 is 0.458 bits per heavy atom. The highest BCUT2D eigenvalue weighted by Crippen LogP contribution is 2.30. The zero-order chi connectivity index (χ0) is 18.9. The summed E-state index contributed by atoms with van der Waals surface area (Å²) in [6.07, 6.45) is 0. The van der Waals surface area contributed by atoms with Crippen molar-refractivity contribution >= 4 is 35.6 Å². The molecule has 1 aromatic carbocycles. The van der Waals surface area contributed by atoms with E-state index in [2.05, 4.69) is 0 Å². The Morgan fingerprint density at radius 2 is 0.625 bits per heavy atom. The standard InChI is InChI=1S/C13H8O11/c1-2(14)3-4(9(15)16)6(11(19)20)8(13(23)24)7(12(21)22)5(3)10(17)18/h1H3,(H,15,16)(H,17,18)(H,19,20)(H,21,22)(H,23,24). The summed E-state index contributed by atoms with van der Waals surface area (Å²) in [5.41, 5.74) is -8.57. The van der Waals surface area contributed by atoms with Gasteiger partial charge in [0.05, 0.1) is 27.8 Å². The van der Waals surface area contributed by atoms with Gasteiger partial charge >= 0.3 is 29.8 Å². The van der Waals surface area contributed by atoms with E-state index in [0.717, 1.165) is 0 Å². The third-order valence-corrected chi connectivity index (χ3v) is 2.92. The van der Waals surface area contributed by atoms with Gasteiger partial charge in [0.1, 0.15) is 0 Å². The fourth-order valence-corrected chi connectivity index (χ4v) is 2.17. The van der Waals surface area contributed by atoms with Gasteiger partial charge in [0, 0.05) is 5.56 Å². The average molecular weight is 340 g/mol. The van der Waals surface area contributed by atoms with Crippen LogP contribution in [0.4, 0.5) is 0 Å². The molecule has 0 aliphatic rings. The number of hydrogen-bond acceptors (Lipinski definition) is 6. The molecule has 0 heterocycles. The number of rotatable bonds is 6. The molecule has 11 heteroatoms. The highest BCUT2D eigenvalue weighted by atomic mass is 16.4. The molecule has 1 rings (SSSR count). The van der Waals surface area contributed by atoms with E-state index in [-0.39, 0.29) is 0 Å². The van der Waals surface area contributed by atoms with E-state index in [9.17, 15) is 28.8 Å². The second-order valence-electron chi connectivity index (χ2n) is 4.33. The fraction of sp³-hybridized carbons (Fsp3) is 0.0769. The second kappa shape index (κ2) is 6.16. The minimum Gasteiger partial charge on any atom is -0.478 e. The molecule has 0 saturated heterocycles. The molecule has 0 fully saturated rings. The van der Waals surface area contributed by atoms with Gasteiger partial charge in [-0.05, 0) is 6.92 Å². The van der Waals surface area contributed by atoms with Gasteiger partial charge < -0.3 is 25.5 Å². The summed E-state index contributed by atoms with van der Waals surface area (Å²) < 4.78 is 0. The predicted octanol–water partition coefficient (Wildman–Crippen LogP) is 0.380. The highest BCUT2D eigenvalue weighted by molar-refractivity contribution is 6.23. The fourth-order valence-electron chi connectivity index (χ4n) is 2.17. The van der Waals surface area contributed by atoms with Crippen LogP contribution in [0.1, 0.15) is 69.1 Å². The van der Waals surface area contributed by atoms with Crippen molar-refractivity contribution in [2.75, 3.05) is 0 Å². The molecule has 0 bridgehead atoms. The molecule has 0 aliphatic carbocycles. The Labute approximate surface area is 131 Å². The number of Topliss-reactive ketones (excluding diaryl/α,β-unsaturated/α-hetero) is 1. The molecular formula is C13H8O11. The number of carbonyl (C=O) groups is 6. The summed E-state index contributed by atoms with van der Waals surface area (Å²) in [7, 11) is 0. The molecule has 0 radical (unpaired) electrons. The second-order valence-corrected chi connectivity index (χ2v) is 4.33. The zero-order valence-corrected chi connectivity index (χ0v) is 11.7. The van der Waals surface area contributed by atoms with E-state index in [4.69, 9.17) is 25.5 Å². The van der Waals surface area contributed by atoms with Gasteiger partial charge in [0.25, 0.3) is 0 Å². The Morgan fingerprint density at radius 3 is 0.750 bits per heavy atom. The molecule has 126 valence electrons. The molecule has 0 saturated carbocycles. The number of carbonyl (C=O) groups excluding carboxylic acids is 1. The van der Waals surface area contributed by atoms with E-state index >= 15 is 0 Å². The molecule has 0 unspecified atom stereocenters. The first-order valence-electron chi connectivity index (χ1n) is 5.84. The van der Waals surface area contributed by atoms with Crippen LogP contribution in [0.3, 0.4) is 0 Å². The molecule has 0 aromatic heterocycles. The van der Waals surface area contributed by atoms with Gasteiger partial charge in [-0.25, -0.2) is 24.0 Å². The summed E-state index contributed by atoms with van der Waals surface area (Å²) in [4.78, 5) is 68.2. The van der Waals surface area contributed by atoms with Crippen LogP contribution in [0.15, 0.2) is 0 Å². The van der Waals surface area contributed by atoms with Gasteiger partial charge in [0.2, 0.25) is 0 Å². The maximum absolute atomic E-state index is 11.7. The van der Waals surface area contributed by atoms with Crippen LogP contribution in [-0.2, 0) is 0 Å². The molecule has 24 heavy (non-hydrogen) atoms. The first-order valence-corrected chi connectivity index (χ1v) is 5.84. The van der Waals surface area contributed by atoms with Gasteiger partial charge in [0.15, 0.2) is 5.78 Å². The molecule has 0 spiro atoms. The smallest absolute Gasteiger partial charge is 0.337 e. The topological polar surface area (TPSA) is 204 Å². The molecule has 0 amide bonds. The van der Waals surface area contributed by atoms with Crippen molar-refractivity contribution in [3.05, 3.63) is 33.4 Å². The molecule has 0 aliphatic heterocycles. The lowest BCUT2D eigenvalue weighted by molar-refractivity contribution is 0.0607. The minimum atomic E-state index is -2.18. The highest BCUT2D eigenvalue weighted by Gasteiger charge is 2.39. The molecule has 11 nitrogen and oxygen atoms in total. The molecule has 1 aromatic rings. The largest absolute Gasteiger partial charge is 0.478 e. The Bertz CT molecular complexity index is 633. The average Bonchev–Trinajstić information content (AvgIpc) is 2.42. The Hall–Kier alpha value is -3.76. The van der Waals surface area contributed by atoms with Crippen molar-refractivity contribution in [3.63, 3.8) is 0 Å². The van der Waals surface area contributed by atoms with Crippen LogP contribution in [0.25, 0.3) is 0 Å². The lowest BCUT2D eigenvalue weighted by atomic mass is 9.84. The Balaban J connectivity index is 4.50. The van der Waals surface area contributed by atoms with Crippen molar-refractivity contribution in [1.29, 1.82) is 0 Å². The van der Waals surface area contributed by atoms with Crippen molar-refractivity contribution in [1.82, 2.24) is 0 Å². The maximum Gasteiger partial charge on any atom is 0.337 e. The SMILES string of the molecule is CC(=O)c1c(C(=O)O)c(C(=O)O)c(C(=O)O)c(C(=O)O)c1C(=O)O. The summed E-state index contributed by atoms with van der Waals surface area (Å²) in [5.74, 6) is -11.9. The monoisotopic (exact) mass is 340 g/mol. The zero-order valence-electron chi connectivity index (χ0n) is 11.7. The number of ketones is 1. The van der Waals surface area contributed by atoms with E-state index in [1.54, 1.807) is 0 Å². The number of benzene rings is 1. The maximum atomic E-state index is 11.7. The van der Waals surface area contributed by atoms with Gasteiger partial charge in [-0.15, -0.1) is 0 Å². The van der Waals surface area contributed by atoms with Gasteiger partial charge in [-0.3, -0.25) is 4.79 Å². The van der Waals surface area contributed by atoms with E-state index in [0.29, 0.717) is 6.92 Å². The summed E-state index contributed by atoms with van der Waals surface area (Å²) in [6.45, 7) is 0.686. The predicted molar refractivity (Wildman–Crippen MR) is 71.2 cm³/mol. The van der Waals surface area contributed by atoms with Crippen molar-refractivity contribution in [2.45, 2.75) is 6.92 Å².